The number of imidazole rings is 1. The largest absolute Gasteiger partial charge is 0.495 e. The molecule has 4 rings (SSSR count). The molecule has 136 valence electrons. The molecule has 0 amide bonds. The predicted molar refractivity (Wildman–Crippen MR) is 98.6 cm³/mol. The fraction of sp³-hybridized carbons (Fsp3) is 0.353. The highest BCUT2D eigenvalue weighted by molar-refractivity contribution is 7.18. The molecular formula is C17H19N5O3S. The van der Waals surface area contributed by atoms with E-state index in [9.17, 15) is 0 Å². The molecule has 4 heterocycles. The lowest BCUT2D eigenvalue weighted by Gasteiger charge is -2.09. The summed E-state index contributed by atoms with van der Waals surface area (Å²) >= 11 is 1.38. The van der Waals surface area contributed by atoms with Gasteiger partial charge in [-0.3, -0.25) is 0 Å². The van der Waals surface area contributed by atoms with Gasteiger partial charge in [-0.15, -0.1) is 5.10 Å². The number of ether oxygens (including phenoxy) is 3. The summed E-state index contributed by atoms with van der Waals surface area (Å²) in [5.74, 6) is 1.44. The van der Waals surface area contributed by atoms with Gasteiger partial charge >= 0.3 is 0 Å². The van der Waals surface area contributed by atoms with Gasteiger partial charge in [-0.05, 0) is 23.8 Å². The summed E-state index contributed by atoms with van der Waals surface area (Å²) in [6, 6.07) is 3.85. The number of hydrogen-bond acceptors (Lipinski definition) is 7. The maximum atomic E-state index is 5.93. The van der Waals surface area contributed by atoms with Gasteiger partial charge in [0.05, 0.1) is 33.2 Å². The van der Waals surface area contributed by atoms with Crippen molar-refractivity contribution in [2.45, 2.75) is 19.8 Å². The first kappa shape index (κ1) is 16.6. The van der Waals surface area contributed by atoms with Crippen LogP contribution in [-0.2, 0) is 0 Å². The summed E-state index contributed by atoms with van der Waals surface area (Å²) in [5.41, 5.74) is 2.36. The summed E-state index contributed by atoms with van der Waals surface area (Å²) in [5, 5.41) is 9.50. The topological polar surface area (TPSA) is 75.2 Å². The molecule has 0 aliphatic carbocycles. The van der Waals surface area contributed by atoms with Crippen LogP contribution in [0.2, 0.25) is 0 Å². The van der Waals surface area contributed by atoms with Crippen molar-refractivity contribution < 1.29 is 14.2 Å². The minimum Gasteiger partial charge on any atom is -0.495 e. The van der Waals surface area contributed by atoms with Crippen LogP contribution in [0.3, 0.4) is 0 Å². The second kappa shape index (κ2) is 6.83. The Balaban J connectivity index is 1.74. The van der Waals surface area contributed by atoms with Crippen LogP contribution < -0.4 is 14.2 Å². The molecule has 8 nitrogen and oxygen atoms in total. The van der Waals surface area contributed by atoms with Gasteiger partial charge in [0.1, 0.15) is 28.4 Å². The molecule has 0 fully saturated rings. The Hall–Kier alpha value is -2.81. The maximum Gasteiger partial charge on any atom is 0.294 e. The van der Waals surface area contributed by atoms with Gasteiger partial charge < -0.3 is 14.2 Å². The lowest BCUT2D eigenvalue weighted by Crippen LogP contribution is -2.00. The number of unbranched alkanes of at least 4 members (excludes halogenated alkanes) is 1. The maximum absolute atomic E-state index is 5.93. The third-order valence-corrected chi connectivity index (χ3v) is 4.85. The average Bonchev–Trinajstić information content (AvgIpc) is 3.33. The molecule has 0 radical (unpaired) electrons. The molecule has 0 aliphatic heterocycles. The van der Waals surface area contributed by atoms with Crippen LogP contribution in [0.1, 0.15) is 19.8 Å². The van der Waals surface area contributed by atoms with Gasteiger partial charge in [-0.1, -0.05) is 13.3 Å². The minimum atomic E-state index is 0.574. The molecule has 9 heteroatoms. The number of nitrogens with zero attached hydrogens (tertiary/aromatic N) is 5. The summed E-state index contributed by atoms with van der Waals surface area (Å²) in [4.78, 5) is 5.34. The van der Waals surface area contributed by atoms with E-state index in [1.165, 1.54) is 11.3 Å². The van der Waals surface area contributed by atoms with Crippen LogP contribution in [0, 0.1) is 0 Å². The van der Waals surface area contributed by atoms with E-state index >= 15 is 0 Å². The molecule has 26 heavy (non-hydrogen) atoms. The summed E-state index contributed by atoms with van der Waals surface area (Å²) < 4.78 is 19.9. The smallest absolute Gasteiger partial charge is 0.294 e. The summed E-state index contributed by atoms with van der Waals surface area (Å²) in [6.45, 7) is 2.79. The van der Waals surface area contributed by atoms with Crippen molar-refractivity contribution in [1.82, 2.24) is 24.2 Å². The Morgan fingerprint density at radius 2 is 1.92 bits per heavy atom. The van der Waals surface area contributed by atoms with E-state index < -0.39 is 0 Å². The van der Waals surface area contributed by atoms with Gasteiger partial charge in [0.2, 0.25) is 4.96 Å². The first-order valence-corrected chi connectivity index (χ1v) is 9.14. The van der Waals surface area contributed by atoms with Crippen molar-refractivity contribution in [3.05, 3.63) is 24.5 Å². The second-order valence-corrected chi connectivity index (χ2v) is 6.65. The van der Waals surface area contributed by atoms with Crippen LogP contribution in [0.5, 0.6) is 16.7 Å². The number of aromatic nitrogens is 5. The highest BCUT2D eigenvalue weighted by Crippen LogP contribution is 2.30. The Morgan fingerprint density at radius 1 is 1.04 bits per heavy atom. The van der Waals surface area contributed by atoms with E-state index in [-0.39, 0.29) is 0 Å². The van der Waals surface area contributed by atoms with Crippen molar-refractivity contribution in [2.75, 3.05) is 20.8 Å². The zero-order valence-corrected chi connectivity index (χ0v) is 15.6. The highest BCUT2D eigenvalue weighted by Gasteiger charge is 2.15. The van der Waals surface area contributed by atoms with Crippen molar-refractivity contribution in [1.29, 1.82) is 0 Å². The lowest BCUT2D eigenvalue weighted by atomic mass is 10.3. The highest BCUT2D eigenvalue weighted by atomic mass is 32.1. The monoisotopic (exact) mass is 373 g/mol. The molecule has 0 atom stereocenters. The van der Waals surface area contributed by atoms with Crippen molar-refractivity contribution >= 4 is 21.8 Å². The van der Waals surface area contributed by atoms with E-state index in [0.717, 1.165) is 40.5 Å². The second-order valence-electron chi connectivity index (χ2n) is 5.73. The standard InChI is InChI=1S/C17H19N5O3S/c1-4-5-6-25-15-7-11(23-2)9-21-14(15)8-12(19-21)13-10-22-16(18-13)26-17(20-22)24-3/h7-10H,4-6H2,1-3H3. The number of methoxy groups -OCH3 is 2. The first-order valence-electron chi connectivity index (χ1n) is 8.32. The average molecular weight is 373 g/mol. The zero-order chi connectivity index (χ0) is 18.1. The summed E-state index contributed by atoms with van der Waals surface area (Å²) in [6.07, 6.45) is 5.73. The molecule has 0 saturated heterocycles. The molecule has 0 aromatic carbocycles. The molecular weight excluding hydrogens is 354 g/mol. The predicted octanol–water partition coefficient (Wildman–Crippen LogP) is 3.30. The number of pyridine rings is 1. The van der Waals surface area contributed by atoms with Gasteiger partial charge in [-0.2, -0.15) is 5.10 Å². The Morgan fingerprint density at radius 3 is 2.65 bits per heavy atom. The van der Waals surface area contributed by atoms with Gasteiger partial charge in [0.25, 0.3) is 5.19 Å². The number of fused-ring (bicyclic) bond motifs is 2. The van der Waals surface area contributed by atoms with Crippen LogP contribution in [-0.4, -0.2) is 45.0 Å². The van der Waals surface area contributed by atoms with Gasteiger partial charge in [-0.25, -0.2) is 14.0 Å². The SMILES string of the molecule is CCCCOc1cc(OC)cn2nc(-c3cn4nc(OC)sc4n3)cc12. The van der Waals surface area contributed by atoms with E-state index in [4.69, 9.17) is 14.2 Å². The van der Waals surface area contributed by atoms with E-state index in [1.54, 1.807) is 23.3 Å². The third kappa shape index (κ3) is 2.94. The minimum absolute atomic E-state index is 0.574. The molecule has 0 N–H and O–H groups in total. The number of hydrogen-bond donors (Lipinski definition) is 0. The fourth-order valence-corrected chi connectivity index (χ4v) is 3.30. The van der Waals surface area contributed by atoms with E-state index in [1.807, 2.05) is 24.5 Å². The van der Waals surface area contributed by atoms with Crippen molar-refractivity contribution in [3.8, 4) is 28.1 Å². The fourth-order valence-electron chi connectivity index (χ4n) is 2.60. The molecule has 0 saturated carbocycles. The lowest BCUT2D eigenvalue weighted by molar-refractivity contribution is 0.308. The van der Waals surface area contributed by atoms with Crippen LogP contribution in [0.25, 0.3) is 21.9 Å². The van der Waals surface area contributed by atoms with Crippen molar-refractivity contribution in [2.24, 2.45) is 0 Å². The molecule has 0 aliphatic rings. The van der Waals surface area contributed by atoms with E-state index in [2.05, 4.69) is 22.1 Å². The molecule has 0 bridgehead atoms. The van der Waals surface area contributed by atoms with Crippen LogP contribution >= 0.6 is 11.3 Å². The summed E-state index contributed by atoms with van der Waals surface area (Å²) in [7, 11) is 3.22. The van der Waals surface area contributed by atoms with Crippen molar-refractivity contribution in [3.63, 3.8) is 0 Å². The molecule has 4 aromatic heterocycles. The van der Waals surface area contributed by atoms with Crippen LogP contribution in [0.15, 0.2) is 24.5 Å². The van der Waals surface area contributed by atoms with Crippen LogP contribution in [0.4, 0.5) is 0 Å². The number of rotatable bonds is 7. The van der Waals surface area contributed by atoms with E-state index in [0.29, 0.717) is 17.6 Å². The van der Waals surface area contributed by atoms with Gasteiger partial charge in [0, 0.05) is 6.07 Å². The Bertz CT molecular complexity index is 1020. The molecule has 0 unspecified atom stereocenters. The Kier molecular flexibility index (Phi) is 4.37. The molecule has 0 spiro atoms. The zero-order valence-electron chi connectivity index (χ0n) is 14.8. The van der Waals surface area contributed by atoms with Gasteiger partial charge in [0.15, 0.2) is 0 Å². The molecule has 4 aromatic rings. The Labute approximate surface area is 153 Å². The quantitative estimate of drug-likeness (QED) is 0.463. The third-order valence-electron chi connectivity index (χ3n) is 3.96. The normalized spacial score (nSPS) is 11.3. The first-order chi connectivity index (χ1) is 12.7.